The molecule has 1 saturated heterocycles. The second-order valence-corrected chi connectivity index (χ2v) is 28.7. The number of aryl methyl sites for hydroxylation is 4. The molecule has 8 aromatic carbocycles. The summed E-state index contributed by atoms with van der Waals surface area (Å²) in [5, 5.41) is 26.6. The fourth-order valence-corrected chi connectivity index (χ4v) is 12.2. The van der Waals surface area contributed by atoms with E-state index in [4.69, 9.17) is 32.2 Å². The van der Waals surface area contributed by atoms with E-state index >= 15 is 0 Å². The molecule has 0 bridgehead atoms. The molecule has 16 rings (SSSR count). The number of ketones is 1. The number of nitrogen functional groups attached to an aromatic ring is 4. The Morgan fingerprint density at radius 1 is 0.402 bits per heavy atom. The molecule has 112 heavy (non-hydrogen) atoms. The van der Waals surface area contributed by atoms with Crippen LogP contribution in [0.25, 0.3) is 99.9 Å². The molecule has 566 valence electrons. The number of halogens is 8. The number of rotatable bonds is 7. The van der Waals surface area contributed by atoms with Crippen LogP contribution in [0.2, 0.25) is 0 Å². The lowest BCUT2D eigenvalue weighted by molar-refractivity contribution is -0.112. The van der Waals surface area contributed by atoms with Crippen LogP contribution in [0.5, 0.6) is 0 Å². The zero-order valence-corrected chi connectivity index (χ0v) is 66.6. The number of aromatic nitrogens is 13. The van der Waals surface area contributed by atoms with Gasteiger partial charge in [0.2, 0.25) is 17.8 Å². The lowest BCUT2D eigenvalue weighted by Crippen LogP contribution is -2.41. The Labute approximate surface area is 667 Å². The Balaban J connectivity index is 0.000000145. The standard InChI is InChI=1S/2C19H14FN5.C16H19BFNO2.C10H7BrFN.C9H7BrN4.C6H5BrFN.C4H6O/c2*1-11-7-8-22-18-14(11)9-13(10-15(18)20)17-16(23-19(21)25-24-17)12-5-3-2-4-6-12;1-10-6-7-19-14-12(10)8-11(9-13(14)18)17-20-15(2,3)16(4,5)21-17;1-6-2-3-13-10-8(6)4-7(11)5-9(10)12;10-8-7(12-9(11)14-13-8)6-4-2-1-3-5-6;7-4-1-2-6(9)5(8)3-4;1-3-4(2)5/h2*2-10H,1H3,(H2,21,23,25);6-9H,1-5H3;2-5H,1H3;1-5H,(H2,11,12,14);1-3H,9H2;3H,1H2,2H3. The van der Waals surface area contributed by atoms with Gasteiger partial charge in [0.25, 0.3) is 0 Å². The minimum atomic E-state index is -0.562. The van der Waals surface area contributed by atoms with Gasteiger partial charge in [0.15, 0.2) is 16.2 Å². The third kappa shape index (κ3) is 20.4. The van der Waals surface area contributed by atoms with E-state index in [-0.39, 0.29) is 46.8 Å². The first-order valence-corrected chi connectivity index (χ1v) is 36.7. The molecule has 29 heteroatoms. The minimum absolute atomic E-state index is 0.0185. The summed E-state index contributed by atoms with van der Waals surface area (Å²) < 4.78 is 83.2. The second-order valence-electron chi connectivity index (χ2n) is 26.1. The summed E-state index contributed by atoms with van der Waals surface area (Å²) in [6.45, 7) is 20.3. The van der Waals surface area contributed by atoms with Gasteiger partial charge in [0.1, 0.15) is 73.8 Å². The van der Waals surface area contributed by atoms with Gasteiger partial charge in [0.05, 0.1) is 16.9 Å². The zero-order valence-electron chi connectivity index (χ0n) is 61.9. The predicted molar refractivity (Wildman–Crippen MR) is 443 cm³/mol. The normalized spacial score (nSPS) is 12.2. The molecule has 1 aliphatic rings. The molecule has 20 nitrogen and oxygen atoms in total. The summed E-state index contributed by atoms with van der Waals surface area (Å²) in [6, 6.07) is 53.8. The average Bonchev–Trinajstić information content (AvgIpc) is 1.56. The van der Waals surface area contributed by atoms with Gasteiger partial charge >= 0.3 is 7.12 Å². The largest absolute Gasteiger partial charge is 0.494 e. The van der Waals surface area contributed by atoms with Crippen LogP contribution in [0, 0.1) is 56.8 Å². The lowest BCUT2D eigenvalue weighted by Gasteiger charge is -2.32. The summed E-state index contributed by atoms with van der Waals surface area (Å²) >= 11 is 9.63. The van der Waals surface area contributed by atoms with Crippen molar-refractivity contribution in [2.24, 2.45) is 0 Å². The number of anilines is 4. The molecule has 0 unspecified atom stereocenters. The molecule has 8 heterocycles. The van der Waals surface area contributed by atoms with Gasteiger partial charge in [-0.15, -0.1) is 30.6 Å². The Bertz CT molecular complexity index is 5740. The van der Waals surface area contributed by atoms with Crippen LogP contribution in [-0.4, -0.2) is 89.6 Å². The van der Waals surface area contributed by atoms with E-state index < -0.39 is 30.0 Å². The fraction of sp³-hybridized carbons (Fsp3) is 0.133. The van der Waals surface area contributed by atoms with Crippen molar-refractivity contribution in [2.45, 2.75) is 73.5 Å². The van der Waals surface area contributed by atoms with Gasteiger partial charge in [-0.05, 0) is 197 Å². The molecule has 7 aromatic heterocycles. The highest BCUT2D eigenvalue weighted by Gasteiger charge is 2.52. The number of allylic oxidation sites excluding steroid dienone is 1. The molecule has 0 aliphatic carbocycles. The van der Waals surface area contributed by atoms with Crippen LogP contribution in [0.15, 0.2) is 233 Å². The van der Waals surface area contributed by atoms with Gasteiger partial charge in [-0.2, -0.15) is 0 Å². The summed E-state index contributed by atoms with van der Waals surface area (Å²) in [5.41, 5.74) is 34.0. The third-order valence-electron chi connectivity index (χ3n) is 17.6. The second kappa shape index (κ2) is 36.8. The van der Waals surface area contributed by atoms with E-state index in [0.717, 1.165) is 65.0 Å². The Morgan fingerprint density at radius 2 is 0.741 bits per heavy atom. The van der Waals surface area contributed by atoms with E-state index in [2.05, 4.69) is 120 Å². The number of pyridine rings is 4. The first-order valence-electron chi connectivity index (χ1n) is 34.3. The van der Waals surface area contributed by atoms with E-state index in [1.807, 2.05) is 195 Å². The maximum atomic E-state index is 14.6. The first-order chi connectivity index (χ1) is 53.4. The van der Waals surface area contributed by atoms with Crippen molar-refractivity contribution < 1.29 is 36.1 Å². The minimum Gasteiger partial charge on any atom is -0.399 e. The van der Waals surface area contributed by atoms with E-state index in [1.54, 1.807) is 30.9 Å². The summed E-state index contributed by atoms with van der Waals surface area (Å²) in [4.78, 5) is 38.8. The molecule has 0 atom stereocenters. The SMILES string of the molecule is C=CC(C)=O.Cc1ccnc2c(F)cc(-c3nnc(N)nc3-c3ccccc3)cc12.Cc1ccnc2c(F)cc(-c3nnc(N)nc3-c3ccccc3)cc12.Cc1ccnc2c(F)cc(B3OC(C)(C)C(C)(C)O3)cc12.Cc1ccnc2c(F)cc(Br)cc12.Nc1ccc(Br)cc1F.Nc1nnc(Br)c(-c2ccccc2)n1. The number of nitrogens with zero attached hydrogens (tertiary/aromatic N) is 13. The Kier molecular flexibility index (Phi) is 27.1. The number of benzene rings is 8. The van der Waals surface area contributed by atoms with Crippen molar-refractivity contribution in [1.29, 1.82) is 0 Å². The number of hydrogen-bond acceptors (Lipinski definition) is 20. The van der Waals surface area contributed by atoms with Crippen LogP contribution in [0.4, 0.5) is 45.5 Å². The maximum absolute atomic E-state index is 14.6. The average molecular weight is 1700 g/mol. The van der Waals surface area contributed by atoms with E-state index in [0.29, 0.717) is 76.2 Å². The predicted octanol–water partition coefficient (Wildman–Crippen LogP) is 18.8. The Hall–Kier alpha value is -11.9. The van der Waals surface area contributed by atoms with Gasteiger partial charge in [-0.25, -0.2) is 36.9 Å². The molecule has 0 amide bonds. The molecule has 15 aromatic rings. The summed E-state index contributed by atoms with van der Waals surface area (Å²) in [7, 11) is -0.562. The Morgan fingerprint density at radius 3 is 1.12 bits per heavy atom. The monoisotopic (exact) mass is 1700 g/mol. The molecule has 1 aliphatic heterocycles. The van der Waals surface area contributed by atoms with Crippen LogP contribution in [0.3, 0.4) is 0 Å². The molecular weight excluding hydrogens is 1630 g/mol. The third-order valence-corrected chi connectivity index (χ3v) is 19.1. The molecule has 0 spiro atoms. The van der Waals surface area contributed by atoms with Crippen LogP contribution < -0.4 is 28.4 Å². The van der Waals surface area contributed by atoms with Crippen LogP contribution in [-0.2, 0) is 14.1 Å². The topological polar surface area (TPSA) is 307 Å². The van der Waals surface area contributed by atoms with Gasteiger partial charge in [0, 0.05) is 83.1 Å². The van der Waals surface area contributed by atoms with Crippen LogP contribution in [0.1, 0.15) is 56.9 Å². The zero-order chi connectivity index (χ0) is 80.7. The number of carbonyl (C=O) groups excluding carboxylic acids is 1. The molecule has 8 N–H and O–H groups in total. The van der Waals surface area contributed by atoms with Gasteiger partial charge < -0.3 is 32.2 Å². The quantitative estimate of drug-likeness (QED) is 0.0499. The van der Waals surface area contributed by atoms with Gasteiger partial charge in [-0.1, -0.05) is 136 Å². The summed E-state index contributed by atoms with van der Waals surface area (Å²) in [6.07, 6.45) is 7.71. The van der Waals surface area contributed by atoms with Crippen molar-refractivity contribution in [3.8, 4) is 56.3 Å². The highest BCUT2D eigenvalue weighted by atomic mass is 79.9. The first kappa shape index (κ1) is 82.6. The molecule has 0 radical (unpaired) electrons. The van der Waals surface area contributed by atoms with Gasteiger partial charge in [-0.3, -0.25) is 24.7 Å². The fourth-order valence-electron chi connectivity index (χ4n) is 11.0. The van der Waals surface area contributed by atoms with Crippen molar-refractivity contribution in [3.63, 3.8) is 0 Å². The highest BCUT2D eigenvalue weighted by molar-refractivity contribution is 9.11. The van der Waals surface area contributed by atoms with E-state index in [1.165, 1.54) is 49.4 Å². The maximum Gasteiger partial charge on any atom is 0.494 e. The smallest absolute Gasteiger partial charge is 0.399 e. The molecular formula is C83H72BBr3F5N17O3. The van der Waals surface area contributed by atoms with Crippen molar-refractivity contribution >= 4 is 133 Å². The van der Waals surface area contributed by atoms with Crippen molar-refractivity contribution in [1.82, 2.24) is 65.5 Å². The molecule has 1 fully saturated rings. The number of carbonyl (C=O) groups is 1. The van der Waals surface area contributed by atoms with Crippen molar-refractivity contribution in [3.05, 3.63) is 284 Å². The summed E-state index contributed by atoms with van der Waals surface area (Å²) in [5.74, 6) is -1.50. The molecule has 0 saturated carbocycles. The highest BCUT2D eigenvalue weighted by Crippen LogP contribution is 2.38. The number of fused-ring (bicyclic) bond motifs is 4. The number of nitrogens with two attached hydrogens (primary N) is 4. The lowest BCUT2D eigenvalue weighted by atomic mass is 9.78. The van der Waals surface area contributed by atoms with E-state index in [9.17, 15) is 26.7 Å². The van der Waals surface area contributed by atoms with Crippen LogP contribution >= 0.6 is 47.8 Å². The number of hydrogen-bond donors (Lipinski definition) is 4. The van der Waals surface area contributed by atoms with Crippen molar-refractivity contribution in [2.75, 3.05) is 22.9 Å².